The van der Waals surface area contributed by atoms with Gasteiger partial charge in [-0.25, -0.2) is 0 Å². The van der Waals surface area contributed by atoms with E-state index < -0.39 is 5.60 Å². The van der Waals surface area contributed by atoms with E-state index in [1.54, 1.807) is 0 Å². The lowest BCUT2D eigenvalue weighted by Gasteiger charge is -2.22. The molecule has 2 rings (SSSR count). The molecule has 1 atom stereocenters. The molecule has 3 heteroatoms. The first-order valence-corrected chi connectivity index (χ1v) is 6.87. The van der Waals surface area contributed by atoms with Crippen LogP contribution in [0, 0.1) is 6.92 Å². The molecule has 0 spiro atoms. The highest BCUT2D eigenvalue weighted by Gasteiger charge is 2.24. The quantitative estimate of drug-likeness (QED) is 0.775. The third-order valence-electron chi connectivity index (χ3n) is 3.12. The number of nitrogens with zero attached hydrogens (tertiary/aromatic N) is 1. The van der Waals surface area contributed by atoms with Crippen LogP contribution in [-0.4, -0.2) is 16.6 Å². The van der Waals surface area contributed by atoms with Gasteiger partial charge in [0.25, 0.3) is 0 Å². The smallest absolute Gasteiger partial charge is 0.313 e. The fourth-order valence-corrected chi connectivity index (χ4v) is 2.13. The summed E-state index contributed by atoms with van der Waals surface area (Å²) in [5.74, 6) is -0.541. The Kier molecular flexibility index (Phi) is 3.80. The number of aromatic nitrogens is 1. The van der Waals surface area contributed by atoms with Crippen LogP contribution in [-0.2, 0) is 9.53 Å². The Hall–Kier alpha value is -1.90. The number of benzene rings is 1. The van der Waals surface area contributed by atoms with Crippen LogP contribution < -0.4 is 0 Å². The molecule has 0 radical (unpaired) electrons. The van der Waals surface area contributed by atoms with Crippen molar-refractivity contribution in [1.29, 1.82) is 0 Å². The van der Waals surface area contributed by atoms with E-state index in [1.165, 1.54) is 0 Å². The number of hydrogen-bond donors (Lipinski definition) is 0. The molecule has 20 heavy (non-hydrogen) atoms. The van der Waals surface area contributed by atoms with Crippen molar-refractivity contribution in [2.24, 2.45) is 0 Å². The van der Waals surface area contributed by atoms with Crippen LogP contribution in [0.2, 0.25) is 0 Å². The molecule has 0 bridgehead atoms. The van der Waals surface area contributed by atoms with Crippen LogP contribution in [0.1, 0.15) is 44.9 Å². The summed E-state index contributed by atoms with van der Waals surface area (Å²) in [6.45, 7) is 9.45. The zero-order chi connectivity index (χ0) is 14.9. The van der Waals surface area contributed by atoms with Crippen molar-refractivity contribution in [3.05, 3.63) is 41.6 Å². The maximum atomic E-state index is 12.2. The van der Waals surface area contributed by atoms with E-state index in [1.807, 2.05) is 65.0 Å². The standard InChI is InChI=1S/C17H21NO2/c1-11-9-10-13-7-6-8-14(15(13)18-11)12(2)16(19)20-17(3,4)5/h6-10,12H,1-5H3/t12-/m1/s1. The summed E-state index contributed by atoms with van der Waals surface area (Å²) < 4.78 is 5.47. The number of fused-ring (bicyclic) bond motifs is 1. The number of carbonyl (C=O) groups excluding carboxylic acids is 1. The molecular formula is C17H21NO2. The third-order valence-corrected chi connectivity index (χ3v) is 3.12. The second-order valence-electron chi connectivity index (χ2n) is 6.13. The lowest BCUT2D eigenvalue weighted by Crippen LogP contribution is -2.27. The minimum absolute atomic E-state index is 0.215. The van der Waals surface area contributed by atoms with Gasteiger partial charge in [-0.1, -0.05) is 24.3 Å². The van der Waals surface area contributed by atoms with Crippen LogP contribution >= 0.6 is 0 Å². The average Bonchev–Trinajstić information content (AvgIpc) is 2.35. The minimum atomic E-state index is -0.473. The van der Waals surface area contributed by atoms with Crippen molar-refractivity contribution >= 4 is 16.9 Å². The van der Waals surface area contributed by atoms with Crippen LogP contribution in [0.5, 0.6) is 0 Å². The molecular weight excluding hydrogens is 250 g/mol. The molecule has 0 N–H and O–H groups in total. The van der Waals surface area contributed by atoms with Crippen LogP contribution in [0.4, 0.5) is 0 Å². The lowest BCUT2D eigenvalue weighted by molar-refractivity contribution is -0.156. The highest BCUT2D eigenvalue weighted by molar-refractivity contribution is 5.88. The molecule has 0 unspecified atom stereocenters. The van der Waals surface area contributed by atoms with Crippen molar-refractivity contribution in [2.75, 3.05) is 0 Å². The molecule has 0 aliphatic carbocycles. The largest absolute Gasteiger partial charge is 0.460 e. The van der Waals surface area contributed by atoms with Gasteiger partial charge in [-0.3, -0.25) is 9.78 Å². The zero-order valence-corrected chi connectivity index (χ0v) is 12.7. The SMILES string of the molecule is Cc1ccc2cccc([C@@H](C)C(=O)OC(C)(C)C)c2n1. The summed E-state index contributed by atoms with van der Waals surface area (Å²) in [6.07, 6.45) is 0. The van der Waals surface area contributed by atoms with Crippen LogP contribution in [0.25, 0.3) is 10.9 Å². The Morgan fingerprint density at radius 1 is 1.20 bits per heavy atom. The van der Waals surface area contributed by atoms with E-state index in [0.29, 0.717) is 0 Å². The number of aryl methyl sites for hydroxylation is 1. The zero-order valence-electron chi connectivity index (χ0n) is 12.7. The van der Waals surface area contributed by atoms with E-state index in [0.717, 1.165) is 22.2 Å². The van der Waals surface area contributed by atoms with Gasteiger partial charge in [-0.05, 0) is 46.2 Å². The van der Waals surface area contributed by atoms with Crippen molar-refractivity contribution in [1.82, 2.24) is 4.98 Å². The fraction of sp³-hybridized carbons (Fsp3) is 0.412. The topological polar surface area (TPSA) is 39.2 Å². The Morgan fingerprint density at radius 3 is 2.55 bits per heavy atom. The first kappa shape index (κ1) is 14.5. The summed E-state index contributed by atoms with van der Waals surface area (Å²) in [4.78, 5) is 16.8. The van der Waals surface area contributed by atoms with Gasteiger partial charge in [0.1, 0.15) is 5.60 Å². The molecule has 2 aromatic rings. The van der Waals surface area contributed by atoms with Crippen LogP contribution in [0.15, 0.2) is 30.3 Å². The number of hydrogen-bond acceptors (Lipinski definition) is 3. The van der Waals surface area contributed by atoms with Gasteiger partial charge >= 0.3 is 5.97 Å². The highest BCUT2D eigenvalue weighted by atomic mass is 16.6. The van der Waals surface area contributed by atoms with Gasteiger partial charge in [-0.15, -0.1) is 0 Å². The first-order chi connectivity index (χ1) is 9.28. The Labute approximate surface area is 120 Å². The predicted octanol–water partition coefficient (Wildman–Crippen LogP) is 3.99. The molecule has 0 aliphatic rings. The fourth-order valence-electron chi connectivity index (χ4n) is 2.13. The Balaban J connectivity index is 2.42. The highest BCUT2D eigenvalue weighted by Crippen LogP contribution is 2.26. The van der Waals surface area contributed by atoms with Gasteiger partial charge in [0.2, 0.25) is 0 Å². The molecule has 0 saturated carbocycles. The molecule has 106 valence electrons. The summed E-state index contributed by atoms with van der Waals surface area (Å²) in [5, 5.41) is 1.04. The van der Waals surface area contributed by atoms with Crippen molar-refractivity contribution in [2.45, 2.75) is 46.1 Å². The van der Waals surface area contributed by atoms with E-state index in [2.05, 4.69) is 4.98 Å². The van der Waals surface area contributed by atoms with Gasteiger partial charge in [0.05, 0.1) is 11.4 Å². The van der Waals surface area contributed by atoms with E-state index in [-0.39, 0.29) is 11.9 Å². The number of esters is 1. The number of rotatable bonds is 2. The summed E-state index contributed by atoms with van der Waals surface area (Å²) in [6, 6.07) is 9.92. The number of para-hydroxylation sites is 1. The maximum Gasteiger partial charge on any atom is 0.313 e. The van der Waals surface area contributed by atoms with Crippen molar-refractivity contribution in [3.8, 4) is 0 Å². The van der Waals surface area contributed by atoms with E-state index >= 15 is 0 Å². The predicted molar refractivity (Wildman–Crippen MR) is 80.7 cm³/mol. The van der Waals surface area contributed by atoms with E-state index in [9.17, 15) is 4.79 Å². The van der Waals surface area contributed by atoms with Gasteiger partial charge < -0.3 is 4.74 Å². The van der Waals surface area contributed by atoms with Gasteiger partial charge in [0.15, 0.2) is 0 Å². The van der Waals surface area contributed by atoms with Gasteiger partial charge in [-0.2, -0.15) is 0 Å². The molecule has 1 aromatic heterocycles. The number of pyridine rings is 1. The van der Waals surface area contributed by atoms with Crippen LogP contribution in [0.3, 0.4) is 0 Å². The monoisotopic (exact) mass is 271 g/mol. The Bertz CT molecular complexity index is 641. The molecule has 0 saturated heterocycles. The molecule has 3 nitrogen and oxygen atoms in total. The second-order valence-corrected chi connectivity index (χ2v) is 6.13. The first-order valence-electron chi connectivity index (χ1n) is 6.87. The molecule has 1 aromatic carbocycles. The second kappa shape index (κ2) is 5.23. The molecule has 0 aliphatic heterocycles. The minimum Gasteiger partial charge on any atom is -0.460 e. The number of carbonyl (C=O) groups is 1. The van der Waals surface area contributed by atoms with E-state index in [4.69, 9.17) is 4.74 Å². The number of ether oxygens (including phenoxy) is 1. The average molecular weight is 271 g/mol. The molecule has 0 fully saturated rings. The summed E-state index contributed by atoms with van der Waals surface area (Å²) >= 11 is 0. The third kappa shape index (κ3) is 3.16. The van der Waals surface area contributed by atoms with Gasteiger partial charge in [0, 0.05) is 11.1 Å². The summed E-state index contributed by atoms with van der Waals surface area (Å²) in [7, 11) is 0. The normalized spacial score (nSPS) is 13.2. The molecule has 1 heterocycles. The maximum absolute atomic E-state index is 12.2. The van der Waals surface area contributed by atoms with Crippen molar-refractivity contribution in [3.63, 3.8) is 0 Å². The van der Waals surface area contributed by atoms with Crippen molar-refractivity contribution < 1.29 is 9.53 Å². The lowest BCUT2D eigenvalue weighted by atomic mass is 9.97. The Morgan fingerprint density at radius 2 is 1.90 bits per heavy atom. The molecule has 0 amide bonds. The summed E-state index contributed by atoms with van der Waals surface area (Å²) in [5.41, 5.74) is 2.27.